The number of H-pyrrole nitrogens is 1. The highest BCUT2D eigenvalue weighted by Crippen LogP contribution is 2.24. The van der Waals surface area contributed by atoms with E-state index in [4.69, 9.17) is 15.9 Å². The van der Waals surface area contributed by atoms with Crippen LogP contribution >= 0.6 is 0 Å². The molecule has 2 aromatic rings. The molecule has 1 heterocycles. The van der Waals surface area contributed by atoms with E-state index in [1.54, 1.807) is 19.2 Å². The van der Waals surface area contributed by atoms with Crippen LogP contribution in [0.1, 0.15) is 11.1 Å². The van der Waals surface area contributed by atoms with Crippen LogP contribution in [0, 0.1) is 12.3 Å². The highest BCUT2D eigenvalue weighted by atomic mass is 16.5. The molecule has 0 aliphatic rings. The Labute approximate surface area is 110 Å². The Bertz CT molecular complexity index is 689. The fourth-order valence-corrected chi connectivity index (χ4v) is 1.90. The van der Waals surface area contributed by atoms with Crippen molar-refractivity contribution in [3.8, 4) is 17.0 Å². The number of hydrogen-bond acceptors (Lipinski definition) is 3. The number of aromatic nitrogens is 1. The second kappa shape index (κ2) is 4.97. The molecule has 1 aromatic carbocycles. The highest BCUT2D eigenvalue weighted by molar-refractivity contribution is 5.94. The number of amidine groups is 1. The Hall–Kier alpha value is -2.56. The van der Waals surface area contributed by atoms with Crippen LogP contribution in [0.2, 0.25) is 0 Å². The van der Waals surface area contributed by atoms with E-state index in [1.807, 2.05) is 25.1 Å². The maximum absolute atomic E-state index is 11.8. The van der Waals surface area contributed by atoms with Crippen molar-refractivity contribution < 1.29 is 4.74 Å². The van der Waals surface area contributed by atoms with Gasteiger partial charge in [-0.2, -0.15) is 0 Å². The average Bonchev–Trinajstić information content (AvgIpc) is 2.38. The van der Waals surface area contributed by atoms with Crippen molar-refractivity contribution in [2.24, 2.45) is 5.73 Å². The van der Waals surface area contributed by atoms with Gasteiger partial charge in [0.15, 0.2) is 0 Å². The molecule has 98 valence electrons. The summed E-state index contributed by atoms with van der Waals surface area (Å²) >= 11 is 0. The van der Waals surface area contributed by atoms with Gasteiger partial charge < -0.3 is 15.5 Å². The fourth-order valence-electron chi connectivity index (χ4n) is 1.90. The number of aromatic amines is 1. The molecule has 5 nitrogen and oxygen atoms in total. The largest absolute Gasteiger partial charge is 0.496 e. The number of nitrogens with one attached hydrogen (secondary N) is 2. The lowest BCUT2D eigenvalue weighted by molar-refractivity contribution is 0.412. The second-order valence-electron chi connectivity index (χ2n) is 4.21. The predicted molar refractivity (Wildman–Crippen MR) is 74.8 cm³/mol. The maximum atomic E-state index is 11.8. The smallest absolute Gasteiger partial charge is 0.259 e. The summed E-state index contributed by atoms with van der Waals surface area (Å²) in [6.07, 6.45) is 0. The molecule has 0 spiro atoms. The van der Waals surface area contributed by atoms with Crippen LogP contribution in [0.3, 0.4) is 0 Å². The van der Waals surface area contributed by atoms with E-state index in [-0.39, 0.29) is 17.0 Å². The average molecular weight is 257 g/mol. The van der Waals surface area contributed by atoms with Gasteiger partial charge in [0.2, 0.25) is 0 Å². The van der Waals surface area contributed by atoms with Crippen LogP contribution in [-0.2, 0) is 0 Å². The predicted octanol–water partition coefficient (Wildman–Crippen LogP) is 1.64. The summed E-state index contributed by atoms with van der Waals surface area (Å²) in [5.41, 5.74) is 7.67. The lowest BCUT2D eigenvalue weighted by Crippen LogP contribution is -2.23. The molecule has 5 heteroatoms. The first-order chi connectivity index (χ1) is 9.02. The minimum Gasteiger partial charge on any atom is -0.496 e. The van der Waals surface area contributed by atoms with Gasteiger partial charge in [-0.1, -0.05) is 0 Å². The van der Waals surface area contributed by atoms with Crippen molar-refractivity contribution >= 4 is 5.84 Å². The summed E-state index contributed by atoms with van der Waals surface area (Å²) in [6, 6.07) is 8.93. The zero-order valence-electron chi connectivity index (χ0n) is 10.8. The number of ether oxygens (including phenoxy) is 1. The van der Waals surface area contributed by atoms with Gasteiger partial charge in [-0.3, -0.25) is 10.2 Å². The molecular formula is C14H15N3O2. The number of rotatable bonds is 3. The third kappa shape index (κ3) is 2.49. The molecule has 4 N–H and O–H groups in total. The number of methoxy groups -OCH3 is 1. The molecule has 2 rings (SSSR count). The Morgan fingerprint density at radius 1 is 1.32 bits per heavy atom. The number of benzene rings is 1. The van der Waals surface area contributed by atoms with E-state index >= 15 is 0 Å². The molecule has 0 amide bonds. The number of pyridine rings is 1. The molecule has 19 heavy (non-hydrogen) atoms. The van der Waals surface area contributed by atoms with Crippen LogP contribution in [-0.4, -0.2) is 17.9 Å². The molecule has 0 radical (unpaired) electrons. The lowest BCUT2D eigenvalue weighted by atomic mass is 10.1. The highest BCUT2D eigenvalue weighted by Gasteiger charge is 2.07. The minimum atomic E-state index is -0.363. The van der Waals surface area contributed by atoms with E-state index < -0.39 is 0 Å². The molecule has 0 bridgehead atoms. The monoisotopic (exact) mass is 257 g/mol. The second-order valence-corrected chi connectivity index (χ2v) is 4.21. The summed E-state index contributed by atoms with van der Waals surface area (Å²) in [5, 5.41) is 7.28. The summed E-state index contributed by atoms with van der Waals surface area (Å²) < 4.78 is 5.19. The first-order valence-electron chi connectivity index (χ1n) is 5.75. The van der Waals surface area contributed by atoms with Gasteiger partial charge >= 0.3 is 0 Å². The van der Waals surface area contributed by atoms with Crippen LogP contribution in [0.4, 0.5) is 0 Å². The molecule has 1 aromatic heterocycles. The molecule has 0 saturated heterocycles. The molecule has 0 saturated carbocycles. The van der Waals surface area contributed by atoms with Crippen LogP contribution in [0.15, 0.2) is 35.1 Å². The Morgan fingerprint density at radius 3 is 2.58 bits per heavy atom. The summed E-state index contributed by atoms with van der Waals surface area (Å²) in [5.74, 6) is 0.560. The Balaban J connectivity index is 2.48. The van der Waals surface area contributed by atoms with Crippen molar-refractivity contribution in [2.45, 2.75) is 6.92 Å². The van der Waals surface area contributed by atoms with Crippen molar-refractivity contribution in [3.63, 3.8) is 0 Å². The van der Waals surface area contributed by atoms with Gasteiger partial charge in [-0.15, -0.1) is 0 Å². The number of nitrogen functional groups attached to an aromatic ring is 1. The van der Waals surface area contributed by atoms with Crippen molar-refractivity contribution in [2.75, 3.05) is 7.11 Å². The normalized spacial score (nSPS) is 10.2. The first-order valence-corrected chi connectivity index (χ1v) is 5.75. The summed E-state index contributed by atoms with van der Waals surface area (Å²) in [6.45, 7) is 1.93. The lowest BCUT2D eigenvalue weighted by Gasteiger charge is -2.08. The van der Waals surface area contributed by atoms with E-state index in [0.29, 0.717) is 5.69 Å². The molecule has 0 atom stereocenters. The van der Waals surface area contributed by atoms with Crippen LogP contribution in [0.25, 0.3) is 11.3 Å². The van der Waals surface area contributed by atoms with Crippen molar-refractivity contribution in [1.82, 2.24) is 4.98 Å². The van der Waals surface area contributed by atoms with Crippen LogP contribution in [0.5, 0.6) is 5.75 Å². The Kier molecular flexibility index (Phi) is 3.37. The molecule has 0 aliphatic carbocycles. The zero-order chi connectivity index (χ0) is 14.0. The summed E-state index contributed by atoms with van der Waals surface area (Å²) in [7, 11) is 1.62. The first kappa shape index (κ1) is 12.9. The van der Waals surface area contributed by atoms with Gasteiger partial charge in [-0.05, 0) is 48.4 Å². The SMILES string of the molecule is COc1ccc(-c2ccc(C(=N)N)c(=O)[nH]2)cc1C. The number of hydrogen-bond donors (Lipinski definition) is 3. The minimum absolute atomic E-state index is 0.175. The number of nitrogens with two attached hydrogens (primary N) is 1. The number of aryl methyl sites for hydroxylation is 1. The van der Waals surface area contributed by atoms with Gasteiger partial charge in [0.1, 0.15) is 11.6 Å². The zero-order valence-corrected chi connectivity index (χ0v) is 10.8. The van der Waals surface area contributed by atoms with Crippen molar-refractivity contribution in [3.05, 3.63) is 51.8 Å². The van der Waals surface area contributed by atoms with Gasteiger partial charge in [0.25, 0.3) is 5.56 Å². The summed E-state index contributed by atoms with van der Waals surface area (Å²) in [4.78, 5) is 14.5. The van der Waals surface area contributed by atoms with Crippen LogP contribution < -0.4 is 16.0 Å². The third-order valence-corrected chi connectivity index (χ3v) is 2.91. The van der Waals surface area contributed by atoms with E-state index in [1.165, 1.54) is 0 Å². The topological polar surface area (TPSA) is 92.0 Å². The van der Waals surface area contributed by atoms with Crippen molar-refractivity contribution in [1.29, 1.82) is 5.41 Å². The molecular weight excluding hydrogens is 242 g/mol. The standard InChI is InChI=1S/C14H15N3O2/c1-8-7-9(3-6-12(8)19-2)11-5-4-10(13(15)16)14(18)17-11/h3-7H,1-2H3,(H3,15,16)(H,17,18). The van der Waals surface area contributed by atoms with E-state index in [0.717, 1.165) is 16.9 Å². The van der Waals surface area contributed by atoms with Gasteiger partial charge in [0, 0.05) is 5.69 Å². The molecule has 0 fully saturated rings. The Morgan fingerprint density at radius 2 is 2.05 bits per heavy atom. The fraction of sp³-hybridized carbons (Fsp3) is 0.143. The molecule has 0 aliphatic heterocycles. The van der Waals surface area contributed by atoms with Gasteiger partial charge in [0.05, 0.1) is 12.7 Å². The van der Waals surface area contributed by atoms with E-state index in [9.17, 15) is 4.79 Å². The molecule has 0 unspecified atom stereocenters. The maximum Gasteiger partial charge on any atom is 0.259 e. The third-order valence-electron chi connectivity index (χ3n) is 2.91. The quantitative estimate of drug-likeness (QED) is 0.576. The van der Waals surface area contributed by atoms with Gasteiger partial charge in [-0.25, -0.2) is 0 Å². The van der Waals surface area contributed by atoms with E-state index in [2.05, 4.69) is 4.98 Å².